The lowest BCUT2D eigenvalue weighted by Crippen LogP contribution is -2.29. The van der Waals surface area contributed by atoms with Gasteiger partial charge in [0.25, 0.3) is 0 Å². The first-order chi connectivity index (χ1) is 4.92. The van der Waals surface area contributed by atoms with E-state index in [9.17, 15) is 0 Å². The van der Waals surface area contributed by atoms with Crippen LogP contribution in [0.4, 0.5) is 0 Å². The molecule has 1 N–H and O–H groups in total. The Hall–Kier alpha value is -0.820. The van der Waals surface area contributed by atoms with E-state index < -0.39 is 0 Å². The third-order valence-corrected chi connectivity index (χ3v) is 2.70. The fraction of sp³-hybridized carbons (Fsp3) is 0.333. The summed E-state index contributed by atoms with van der Waals surface area (Å²) in [4.78, 5) is 0. The first-order valence-electron chi connectivity index (χ1n) is 3.73. The van der Waals surface area contributed by atoms with E-state index in [-0.39, 0.29) is 0 Å². The Kier molecular flexibility index (Phi) is 0.627. The van der Waals surface area contributed by atoms with E-state index in [1.165, 1.54) is 0 Å². The third-order valence-electron chi connectivity index (χ3n) is 2.70. The third kappa shape index (κ3) is 0.371. The van der Waals surface area contributed by atoms with Crippen molar-refractivity contribution in [3.05, 3.63) is 36.0 Å². The second-order valence-electron chi connectivity index (χ2n) is 3.21. The Morgan fingerprint density at radius 3 is 3.30 bits per heavy atom. The molecule has 1 heterocycles. The molecule has 10 heavy (non-hydrogen) atoms. The molecule has 0 aromatic carbocycles. The fourth-order valence-electron chi connectivity index (χ4n) is 2.01. The Labute approximate surface area is 60.1 Å². The van der Waals surface area contributed by atoms with Crippen molar-refractivity contribution in [3.63, 3.8) is 0 Å². The molecule has 1 fully saturated rings. The summed E-state index contributed by atoms with van der Waals surface area (Å²) in [5.74, 6) is 0. The first-order valence-corrected chi connectivity index (χ1v) is 3.73. The van der Waals surface area contributed by atoms with Gasteiger partial charge in [-0.15, -0.1) is 0 Å². The summed E-state index contributed by atoms with van der Waals surface area (Å²) in [5, 5.41) is 3.44. The van der Waals surface area contributed by atoms with Crippen LogP contribution in [0.15, 0.2) is 36.0 Å². The Bertz CT molecular complexity index is 272. The molecule has 0 bridgehead atoms. The fourth-order valence-corrected chi connectivity index (χ4v) is 2.01. The highest BCUT2D eigenvalue weighted by atomic mass is 15.0. The predicted octanol–water partition coefficient (Wildman–Crippen LogP) is 1.01. The van der Waals surface area contributed by atoms with Gasteiger partial charge in [0.2, 0.25) is 0 Å². The smallest absolute Gasteiger partial charge is 0.0480 e. The molecule has 1 aliphatic heterocycles. The molecule has 1 nitrogen and oxygen atoms in total. The lowest BCUT2D eigenvalue weighted by molar-refractivity contribution is 0.573. The molecule has 50 valence electrons. The van der Waals surface area contributed by atoms with Crippen molar-refractivity contribution < 1.29 is 0 Å². The summed E-state index contributed by atoms with van der Waals surface area (Å²) in [6, 6.07) is 0.576. The van der Waals surface area contributed by atoms with Crippen LogP contribution in [-0.4, -0.2) is 12.6 Å². The molecule has 1 spiro atoms. The zero-order valence-corrected chi connectivity index (χ0v) is 5.67. The number of hydrogen-bond acceptors (Lipinski definition) is 1. The molecule has 0 aromatic rings. The lowest BCUT2D eigenvalue weighted by atomic mass is 9.90. The van der Waals surface area contributed by atoms with Crippen molar-refractivity contribution in [2.24, 2.45) is 5.41 Å². The van der Waals surface area contributed by atoms with Gasteiger partial charge in [0.15, 0.2) is 0 Å². The molecule has 0 radical (unpaired) electrons. The monoisotopic (exact) mass is 131 g/mol. The lowest BCUT2D eigenvalue weighted by Gasteiger charge is -2.18. The van der Waals surface area contributed by atoms with Gasteiger partial charge in [-0.25, -0.2) is 0 Å². The maximum atomic E-state index is 3.44. The van der Waals surface area contributed by atoms with Crippen molar-refractivity contribution >= 4 is 0 Å². The average molecular weight is 131 g/mol. The highest BCUT2D eigenvalue weighted by Gasteiger charge is 2.51. The Morgan fingerprint density at radius 1 is 1.50 bits per heavy atom. The highest BCUT2D eigenvalue weighted by Crippen LogP contribution is 2.53. The molecule has 2 unspecified atom stereocenters. The van der Waals surface area contributed by atoms with Crippen LogP contribution in [0.2, 0.25) is 0 Å². The molecule has 2 atom stereocenters. The predicted molar refractivity (Wildman–Crippen MR) is 40.6 cm³/mol. The summed E-state index contributed by atoms with van der Waals surface area (Å²) in [6.07, 6.45) is 11.2. The van der Waals surface area contributed by atoms with Crippen molar-refractivity contribution in [1.29, 1.82) is 0 Å². The highest BCUT2D eigenvalue weighted by molar-refractivity contribution is 5.55. The van der Waals surface area contributed by atoms with Gasteiger partial charge >= 0.3 is 0 Å². The van der Waals surface area contributed by atoms with Crippen molar-refractivity contribution in [1.82, 2.24) is 5.32 Å². The van der Waals surface area contributed by atoms with E-state index in [0.29, 0.717) is 11.5 Å². The molecular weight excluding hydrogens is 122 g/mol. The SMILES string of the molecule is C1=CC2NCC3=CC32C=C1. The summed E-state index contributed by atoms with van der Waals surface area (Å²) >= 11 is 0. The minimum absolute atomic E-state index is 0.370. The average Bonchev–Trinajstić information content (AvgIpc) is 2.55. The standard InChI is InChI=1S/C9H9N/c1-2-4-9-5-7(9)6-10-8(9)3-1/h1-5,8,10H,6H2. The van der Waals surface area contributed by atoms with Gasteiger partial charge < -0.3 is 5.32 Å². The maximum absolute atomic E-state index is 3.44. The van der Waals surface area contributed by atoms with E-state index >= 15 is 0 Å². The molecule has 0 amide bonds. The van der Waals surface area contributed by atoms with E-state index in [2.05, 4.69) is 35.7 Å². The molecule has 3 aliphatic rings. The molecule has 1 heteroatoms. The van der Waals surface area contributed by atoms with E-state index in [0.717, 1.165) is 6.54 Å². The van der Waals surface area contributed by atoms with Gasteiger partial charge in [-0.2, -0.15) is 0 Å². The Balaban J connectivity index is 2.09. The number of allylic oxidation sites excluding steroid dienone is 2. The first kappa shape index (κ1) is 4.91. The minimum atomic E-state index is 0.370. The van der Waals surface area contributed by atoms with E-state index in [1.807, 2.05) is 0 Å². The van der Waals surface area contributed by atoms with Crippen LogP contribution in [0.5, 0.6) is 0 Å². The topological polar surface area (TPSA) is 12.0 Å². The van der Waals surface area contributed by atoms with Gasteiger partial charge in [0.05, 0.1) is 0 Å². The quantitative estimate of drug-likeness (QED) is 0.484. The molecule has 1 saturated heterocycles. The van der Waals surface area contributed by atoms with E-state index in [1.54, 1.807) is 5.57 Å². The number of hydrogen-bond donors (Lipinski definition) is 1. The summed E-state index contributed by atoms with van der Waals surface area (Å²) in [7, 11) is 0. The zero-order chi connectivity index (χ0) is 6.60. The van der Waals surface area contributed by atoms with Crippen LogP contribution in [-0.2, 0) is 0 Å². The summed E-state index contributed by atoms with van der Waals surface area (Å²) in [6.45, 7) is 1.10. The summed E-state index contributed by atoms with van der Waals surface area (Å²) < 4.78 is 0. The maximum Gasteiger partial charge on any atom is 0.0480 e. The molecular formula is C9H9N. The van der Waals surface area contributed by atoms with Crippen LogP contribution in [0.3, 0.4) is 0 Å². The van der Waals surface area contributed by atoms with Crippen LogP contribution in [0.1, 0.15) is 0 Å². The van der Waals surface area contributed by atoms with Crippen LogP contribution < -0.4 is 5.32 Å². The zero-order valence-electron chi connectivity index (χ0n) is 5.67. The van der Waals surface area contributed by atoms with E-state index in [4.69, 9.17) is 0 Å². The van der Waals surface area contributed by atoms with Gasteiger partial charge in [0, 0.05) is 18.0 Å². The molecule has 0 aromatic heterocycles. The molecule has 2 aliphatic carbocycles. The number of nitrogens with one attached hydrogen (secondary N) is 1. The molecule has 0 saturated carbocycles. The van der Waals surface area contributed by atoms with Crippen molar-refractivity contribution in [2.75, 3.05) is 6.54 Å². The Morgan fingerprint density at radius 2 is 2.50 bits per heavy atom. The summed E-state index contributed by atoms with van der Waals surface area (Å²) in [5.41, 5.74) is 1.95. The second kappa shape index (κ2) is 1.28. The van der Waals surface area contributed by atoms with Gasteiger partial charge in [-0.3, -0.25) is 0 Å². The largest absolute Gasteiger partial charge is 0.305 e. The van der Waals surface area contributed by atoms with Gasteiger partial charge in [-0.05, 0) is 5.57 Å². The van der Waals surface area contributed by atoms with Crippen molar-refractivity contribution in [3.8, 4) is 0 Å². The van der Waals surface area contributed by atoms with Crippen LogP contribution >= 0.6 is 0 Å². The second-order valence-corrected chi connectivity index (χ2v) is 3.21. The van der Waals surface area contributed by atoms with Crippen molar-refractivity contribution in [2.45, 2.75) is 6.04 Å². The van der Waals surface area contributed by atoms with Gasteiger partial charge in [-0.1, -0.05) is 30.4 Å². The van der Waals surface area contributed by atoms with Gasteiger partial charge in [0.1, 0.15) is 0 Å². The normalized spacial score (nSPS) is 46.4. The molecule has 3 rings (SSSR count). The van der Waals surface area contributed by atoms with Crippen LogP contribution in [0, 0.1) is 5.41 Å². The van der Waals surface area contributed by atoms with Crippen LogP contribution in [0.25, 0.3) is 0 Å². The minimum Gasteiger partial charge on any atom is -0.305 e. The number of rotatable bonds is 0.